The van der Waals surface area contributed by atoms with Gasteiger partial charge in [-0.2, -0.15) is 0 Å². The summed E-state index contributed by atoms with van der Waals surface area (Å²) in [6.45, 7) is 4.07. The van der Waals surface area contributed by atoms with Crippen molar-refractivity contribution in [3.05, 3.63) is 0 Å². The number of aliphatic hydroxyl groups excluding tert-OH is 1. The molecule has 1 atom stereocenters. The first-order valence-electron chi connectivity index (χ1n) is 4.64. The molecule has 0 bridgehead atoms. The van der Waals surface area contributed by atoms with Gasteiger partial charge in [-0.1, -0.05) is 26.7 Å². The van der Waals surface area contributed by atoms with Crippen molar-refractivity contribution in [2.75, 3.05) is 0 Å². The quantitative estimate of drug-likeness (QED) is 0.608. The van der Waals surface area contributed by atoms with E-state index in [4.69, 9.17) is 0 Å². The molecule has 0 aromatic rings. The maximum Gasteiger partial charge on any atom is 0.107 e. The molecule has 1 rings (SSSR count). The van der Waals surface area contributed by atoms with Crippen LogP contribution in [-0.2, 0) is 0 Å². The molecule has 1 fully saturated rings. The summed E-state index contributed by atoms with van der Waals surface area (Å²) >= 11 is 0. The molecule has 0 saturated heterocycles. The van der Waals surface area contributed by atoms with Crippen molar-refractivity contribution in [3.8, 4) is 0 Å². The third-order valence-electron chi connectivity index (χ3n) is 2.39. The Kier molecular flexibility index (Phi) is 3.34. The Labute approximate surface area is 69.0 Å². The largest absolute Gasteiger partial charge is 0.378 e. The van der Waals surface area contributed by atoms with Gasteiger partial charge < -0.3 is 5.11 Å². The monoisotopic (exact) mass is 157 g/mol. The lowest BCUT2D eigenvalue weighted by atomic mass is 10.1. The molecule has 1 aliphatic carbocycles. The molecule has 1 aliphatic rings. The van der Waals surface area contributed by atoms with Gasteiger partial charge in [-0.05, 0) is 18.8 Å². The van der Waals surface area contributed by atoms with E-state index in [9.17, 15) is 5.11 Å². The van der Waals surface area contributed by atoms with E-state index in [0.29, 0.717) is 12.0 Å². The molecule has 0 heterocycles. The van der Waals surface area contributed by atoms with Gasteiger partial charge >= 0.3 is 0 Å². The van der Waals surface area contributed by atoms with E-state index in [0.717, 1.165) is 0 Å². The van der Waals surface area contributed by atoms with Crippen molar-refractivity contribution in [3.63, 3.8) is 0 Å². The van der Waals surface area contributed by atoms with E-state index < -0.39 is 0 Å². The maximum atomic E-state index is 9.48. The minimum atomic E-state index is -0.307. The Morgan fingerprint density at radius 1 is 1.27 bits per heavy atom. The van der Waals surface area contributed by atoms with Gasteiger partial charge in [-0.15, -0.1) is 0 Å². The van der Waals surface area contributed by atoms with Crippen molar-refractivity contribution < 1.29 is 5.11 Å². The second-order valence-corrected chi connectivity index (χ2v) is 3.84. The van der Waals surface area contributed by atoms with Gasteiger partial charge in [0.15, 0.2) is 0 Å². The zero-order chi connectivity index (χ0) is 8.27. The third-order valence-corrected chi connectivity index (χ3v) is 2.39. The van der Waals surface area contributed by atoms with E-state index in [1.54, 1.807) is 0 Å². The number of hydrogen-bond donors (Lipinski definition) is 2. The predicted octanol–water partition coefficient (Wildman–Crippen LogP) is 1.49. The zero-order valence-corrected chi connectivity index (χ0v) is 7.51. The highest BCUT2D eigenvalue weighted by molar-refractivity contribution is 4.75. The van der Waals surface area contributed by atoms with Crippen LogP contribution in [0.25, 0.3) is 0 Å². The smallest absolute Gasteiger partial charge is 0.107 e. The topological polar surface area (TPSA) is 32.3 Å². The summed E-state index contributed by atoms with van der Waals surface area (Å²) in [5.41, 5.74) is 0. The number of aliphatic hydroxyl groups is 1. The van der Waals surface area contributed by atoms with Crippen LogP contribution in [0.3, 0.4) is 0 Å². The number of rotatable bonds is 3. The van der Waals surface area contributed by atoms with Crippen LogP contribution in [0.5, 0.6) is 0 Å². The molecule has 0 radical (unpaired) electrons. The lowest BCUT2D eigenvalue weighted by Crippen LogP contribution is -2.39. The van der Waals surface area contributed by atoms with E-state index in [1.807, 2.05) is 13.8 Å². The molecular weight excluding hydrogens is 138 g/mol. The van der Waals surface area contributed by atoms with Crippen LogP contribution in [0.1, 0.15) is 39.5 Å². The molecule has 66 valence electrons. The van der Waals surface area contributed by atoms with Crippen LogP contribution in [0.2, 0.25) is 0 Å². The summed E-state index contributed by atoms with van der Waals surface area (Å²) in [6.07, 6.45) is 4.82. The Balaban J connectivity index is 2.18. The molecule has 0 amide bonds. The molecule has 0 spiro atoms. The fourth-order valence-corrected chi connectivity index (χ4v) is 1.53. The summed E-state index contributed by atoms with van der Waals surface area (Å²) in [5.74, 6) is 0.329. The lowest BCUT2D eigenvalue weighted by molar-refractivity contribution is 0.0783. The summed E-state index contributed by atoms with van der Waals surface area (Å²) < 4.78 is 0. The van der Waals surface area contributed by atoms with E-state index >= 15 is 0 Å². The van der Waals surface area contributed by atoms with Crippen LogP contribution in [0, 0.1) is 5.92 Å². The highest BCUT2D eigenvalue weighted by Gasteiger charge is 2.18. The van der Waals surface area contributed by atoms with E-state index in [-0.39, 0.29) is 6.23 Å². The lowest BCUT2D eigenvalue weighted by Gasteiger charge is -2.20. The van der Waals surface area contributed by atoms with Crippen LogP contribution in [0.15, 0.2) is 0 Å². The second kappa shape index (κ2) is 4.07. The zero-order valence-electron chi connectivity index (χ0n) is 7.51. The van der Waals surface area contributed by atoms with Gasteiger partial charge in [0.05, 0.1) is 0 Å². The Hall–Kier alpha value is -0.0800. The number of nitrogens with one attached hydrogen (secondary N) is 1. The SMILES string of the molecule is CC(C)C(O)NC1CCCC1. The first kappa shape index (κ1) is 9.01. The standard InChI is InChI=1S/C9H19NO/c1-7(2)9(11)10-8-5-3-4-6-8/h7-11H,3-6H2,1-2H3. The molecule has 11 heavy (non-hydrogen) atoms. The van der Waals surface area contributed by atoms with Gasteiger partial charge in [-0.3, -0.25) is 5.32 Å². The molecule has 2 heteroatoms. The van der Waals surface area contributed by atoms with E-state index in [2.05, 4.69) is 5.32 Å². The summed E-state index contributed by atoms with van der Waals surface area (Å²) in [6, 6.07) is 0.576. The van der Waals surface area contributed by atoms with Crippen LogP contribution >= 0.6 is 0 Å². The minimum Gasteiger partial charge on any atom is -0.378 e. The molecule has 0 aromatic heterocycles. The fraction of sp³-hybridized carbons (Fsp3) is 1.00. The normalized spacial score (nSPS) is 22.9. The molecule has 0 aliphatic heterocycles. The van der Waals surface area contributed by atoms with Gasteiger partial charge in [0.25, 0.3) is 0 Å². The maximum absolute atomic E-state index is 9.48. The molecular formula is C9H19NO. The highest BCUT2D eigenvalue weighted by Crippen LogP contribution is 2.18. The average Bonchev–Trinajstić information content (AvgIpc) is 2.39. The van der Waals surface area contributed by atoms with Crippen molar-refractivity contribution in [2.24, 2.45) is 5.92 Å². The highest BCUT2D eigenvalue weighted by atomic mass is 16.3. The molecule has 0 aromatic carbocycles. The van der Waals surface area contributed by atoms with Crippen LogP contribution in [0.4, 0.5) is 0 Å². The van der Waals surface area contributed by atoms with Crippen molar-refractivity contribution in [1.82, 2.24) is 5.32 Å². The molecule has 2 nitrogen and oxygen atoms in total. The number of hydrogen-bond acceptors (Lipinski definition) is 2. The van der Waals surface area contributed by atoms with Crippen LogP contribution in [-0.4, -0.2) is 17.4 Å². The molecule has 2 N–H and O–H groups in total. The second-order valence-electron chi connectivity index (χ2n) is 3.84. The molecule has 1 unspecified atom stereocenters. The fourth-order valence-electron chi connectivity index (χ4n) is 1.53. The Morgan fingerprint density at radius 3 is 2.27 bits per heavy atom. The predicted molar refractivity (Wildman–Crippen MR) is 46.2 cm³/mol. The first-order valence-corrected chi connectivity index (χ1v) is 4.64. The Bertz CT molecular complexity index is 108. The van der Waals surface area contributed by atoms with Gasteiger partial charge in [-0.25, -0.2) is 0 Å². The molecule has 1 saturated carbocycles. The van der Waals surface area contributed by atoms with Crippen LogP contribution < -0.4 is 5.32 Å². The van der Waals surface area contributed by atoms with Crippen molar-refractivity contribution >= 4 is 0 Å². The Morgan fingerprint density at radius 2 is 1.82 bits per heavy atom. The van der Waals surface area contributed by atoms with Gasteiger partial charge in [0.2, 0.25) is 0 Å². The van der Waals surface area contributed by atoms with E-state index in [1.165, 1.54) is 25.7 Å². The summed E-state index contributed by atoms with van der Waals surface area (Å²) in [5, 5.41) is 12.7. The minimum absolute atomic E-state index is 0.307. The van der Waals surface area contributed by atoms with Gasteiger partial charge in [0, 0.05) is 6.04 Å². The van der Waals surface area contributed by atoms with Crippen molar-refractivity contribution in [2.45, 2.75) is 51.8 Å². The third kappa shape index (κ3) is 2.80. The summed E-state index contributed by atoms with van der Waals surface area (Å²) in [7, 11) is 0. The van der Waals surface area contributed by atoms with Gasteiger partial charge in [0.1, 0.15) is 6.23 Å². The summed E-state index contributed by atoms with van der Waals surface area (Å²) in [4.78, 5) is 0. The average molecular weight is 157 g/mol. The van der Waals surface area contributed by atoms with Crippen molar-refractivity contribution in [1.29, 1.82) is 0 Å². The first-order chi connectivity index (χ1) is 5.20.